The van der Waals surface area contributed by atoms with Crippen LogP contribution in [-0.2, 0) is 0 Å². The van der Waals surface area contributed by atoms with Gasteiger partial charge in [0, 0.05) is 0 Å². The van der Waals surface area contributed by atoms with Gasteiger partial charge in [0.1, 0.15) is 0 Å². The quantitative estimate of drug-likeness (QED) is 0.437. The third-order valence-electron chi connectivity index (χ3n) is 3.58. The second kappa shape index (κ2) is 7.05. The minimum absolute atomic E-state index is 0.572. The van der Waals surface area contributed by atoms with Gasteiger partial charge >= 0.3 is 0 Å². The van der Waals surface area contributed by atoms with Gasteiger partial charge in [-0.15, -0.1) is 0 Å². The first-order valence-corrected chi connectivity index (χ1v) is 9.03. The molecule has 1 aliphatic heterocycles. The molecule has 0 aromatic carbocycles. The SMILES string of the molecule is CCCCCCCCC1=C(C)[SiH](C)C=C1. The van der Waals surface area contributed by atoms with E-state index in [1.807, 2.05) is 0 Å². The molecule has 15 heavy (non-hydrogen) atoms. The van der Waals surface area contributed by atoms with Crippen molar-refractivity contribution in [3.63, 3.8) is 0 Å². The Morgan fingerprint density at radius 1 is 1.07 bits per heavy atom. The lowest BCUT2D eigenvalue weighted by atomic mass is 10.1. The molecule has 0 aromatic heterocycles. The summed E-state index contributed by atoms with van der Waals surface area (Å²) in [6.45, 7) is 7.06. The van der Waals surface area contributed by atoms with E-state index in [0.29, 0.717) is 0 Å². The fourth-order valence-electron chi connectivity index (χ4n) is 2.20. The summed E-state index contributed by atoms with van der Waals surface area (Å²) in [4.78, 5) is 0. The second-order valence-electron chi connectivity index (χ2n) is 4.87. The summed E-state index contributed by atoms with van der Waals surface area (Å²) >= 11 is 0. The zero-order valence-electron chi connectivity index (χ0n) is 10.7. The summed E-state index contributed by atoms with van der Waals surface area (Å²) in [5, 5.41) is 1.74. The van der Waals surface area contributed by atoms with Crippen LogP contribution in [0.1, 0.15) is 58.8 Å². The van der Waals surface area contributed by atoms with Crippen LogP contribution in [0, 0.1) is 0 Å². The van der Waals surface area contributed by atoms with Crippen LogP contribution in [0.15, 0.2) is 22.5 Å². The molecular formula is C14H26Si. The largest absolute Gasteiger partial charge is 0.0932 e. The van der Waals surface area contributed by atoms with E-state index in [0.717, 1.165) is 0 Å². The van der Waals surface area contributed by atoms with Gasteiger partial charge in [-0.1, -0.05) is 68.1 Å². The Morgan fingerprint density at radius 2 is 1.73 bits per heavy atom. The Balaban J connectivity index is 2.08. The summed E-state index contributed by atoms with van der Waals surface area (Å²) in [5.74, 6) is 0. The van der Waals surface area contributed by atoms with Crippen molar-refractivity contribution in [1.82, 2.24) is 0 Å². The lowest BCUT2D eigenvalue weighted by molar-refractivity contribution is 0.608. The Hall–Kier alpha value is -0.303. The van der Waals surface area contributed by atoms with Crippen LogP contribution >= 0.6 is 0 Å². The van der Waals surface area contributed by atoms with Crippen LogP contribution in [0.25, 0.3) is 0 Å². The maximum atomic E-state index is 2.47. The van der Waals surface area contributed by atoms with Gasteiger partial charge in [-0.2, -0.15) is 0 Å². The number of unbranched alkanes of at least 4 members (excludes halogenated alkanes) is 5. The maximum Gasteiger partial charge on any atom is 0.0859 e. The standard InChI is InChI=1S/C14H26Si/c1-4-5-6-7-8-9-10-14-11-12-15(3)13(14)2/h11-12,15H,4-10H2,1-3H3. The minimum atomic E-state index is -0.572. The normalized spacial score (nSPS) is 20.3. The molecule has 1 atom stereocenters. The van der Waals surface area contributed by atoms with Gasteiger partial charge in [-0.05, 0) is 19.8 Å². The van der Waals surface area contributed by atoms with Crippen LogP contribution < -0.4 is 0 Å². The molecule has 0 bridgehead atoms. The first-order valence-electron chi connectivity index (χ1n) is 6.63. The van der Waals surface area contributed by atoms with Crippen molar-refractivity contribution in [2.45, 2.75) is 65.3 Å². The fourth-order valence-corrected chi connectivity index (χ4v) is 3.84. The first-order chi connectivity index (χ1) is 7.25. The van der Waals surface area contributed by atoms with Crippen LogP contribution in [0.5, 0.6) is 0 Å². The van der Waals surface area contributed by atoms with Crippen molar-refractivity contribution in [2.75, 3.05) is 0 Å². The number of hydrogen-bond donors (Lipinski definition) is 0. The average Bonchev–Trinajstić information content (AvgIpc) is 2.54. The molecule has 0 aliphatic carbocycles. The predicted molar refractivity (Wildman–Crippen MR) is 72.8 cm³/mol. The molecule has 1 heteroatoms. The van der Waals surface area contributed by atoms with Crippen LogP contribution in [-0.4, -0.2) is 8.80 Å². The maximum absolute atomic E-state index is 2.47. The Labute approximate surface area is 97.1 Å². The molecule has 0 saturated carbocycles. The summed E-state index contributed by atoms with van der Waals surface area (Å²) in [5.41, 5.74) is 4.14. The lowest BCUT2D eigenvalue weighted by Gasteiger charge is -2.05. The third kappa shape index (κ3) is 4.37. The Bertz CT molecular complexity index is 238. The van der Waals surface area contributed by atoms with E-state index in [2.05, 4.69) is 32.2 Å². The van der Waals surface area contributed by atoms with Crippen LogP contribution in [0.4, 0.5) is 0 Å². The summed E-state index contributed by atoms with van der Waals surface area (Å²) in [7, 11) is -0.572. The molecule has 0 aromatic rings. The van der Waals surface area contributed by atoms with Crippen molar-refractivity contribution in [1.29, 1.82) is 0 Å². The van der Waals surface area contributed by atoms with E-state index < -0.39 is 8.80 Å². The summed E-state index contributed by atoms with van der Waals surface area (Å²) in [6, 6.07) is 0. The molecule has 0 N–H and O–H groups in total. The monoisotopic (exact) mass is 222 g/mol. The highest BCUT2D eigenvalue weighted by atomic mass is 28.3. The van der Waals surface area contributed by atoms with Gasteiger partial charge in [0.25, 0.3) is 0 Å². The molecule has 0 nitrogen and oxygen atoms in total. The lowest BCUT2D eigenvalue weighted by Crippen LogP contribution is -2.02. The zero-order valence-corrected chi connectivity index (χ0v) is 11.8. The molecular weight excluding hydrogens is 196 g/mol. The third-order valence-corrected chi connectivity index (χ3v) is 6.08. The average molecular weight is 222 g/mol. The molecule has 0 amide bonds. The Kier molecular flexibility index (Phi) is 6.00. The fraction of sp³-hybridized carbons (Fsp3) is 0.714. The van der Waals surface area contributed by atoms with Gasteiger partial charge in [-0.3, -0.25) is 0 Å². The number of hydrogen-bond acceptors (Lipinski definition) is 0. The van der Waals surface area contributed by atoms with E-state index in [1.165, 1.54) is 44.9 Å². The summed E-state index contributed by atoms with van der Waals surface area (Å²) in [6.07, 6.45) is 12.2. The van der Waals surface area contributed by atoms with E-state index in [9.17, 15) is 0 Å². The highest BCUT2D eigenvalue weighted by Gasteiger charge is 2.12. The van der Waals surface area contributed by atoms with Crippen LogP contribution in [0.3, 0.4) is 0 Å². The van der Waals surface area contributed by atoms with E-state index >= 15 is 0 Å². The molecule has 0 saturated heterocycles. The number of rotatable bonds is 7. The first kappa shape index (κ1) is 12.8. The minimum Gasteiger partial charge on any atom is -0.0932 e. The smallest absolute Gasteiger partial charge is 0.0859 e. The van der Waals surface area contributed by atoms with E-state index in [4.69, 9.17) is 0 Å². The predicted octanol–water partition coefficient (Wildman–Crippen LogP) is 4.56. The topological polar surface area (TPSA) is 0 Å². The molecule has 0 spiro atoms. The zero-order chi connectivity index (χ0) is 11.1. The molecule has 1 heterocycles. The molecule has 1 unspecified atom stereocenters. The van der Waals surface area contributed by atoms with Gasteiger partial charge in [0.05, 0.1) is 8.80 Å². The van der Waals surface area contributed by atoms with Crippen molar-refractivity contribution in [2.24, 2.45) is 0 Å². The molecule has 86 valence electrons. The second-order valence-corrected chi connectivity index (χ2v) is 7.70. The molecule has 0 radical (unpaired) electrons. The highest BCUT2D eigenvalue weighted by Crippen LogP contribution is 2.23. The molecule has 0 fully saturated rings. The van der Waals surface area contributed by atoms with Crippen molar-refractivity contribution in [3.8, 4) is 0 Å². The van der Waals surface area contributed by atoms with Crippen molar-refractivity contribution < 1.29 is 0 Å². The molecule has 1 rings (SSSR count). The summed E-state index contributed by atoms with van der Waals surface area (Å²) < 4.78 is 0. The van der Waals surface area contributed by atoms with Crippen molar-refractivity contribution in [3.05, 3.63) is 22.5 Å². The molecule has 1 aliphatic rings. The number of allylic oxidation sites excluding steroid dienone is 3. The van der Waals surface area contributed by atoms with Gasteiger partial charge in [0.2, 0.25) is 0 Å². The van der Waals surface area contributed by atoms with Gasteiger partial charge in [0.15, 0.2) is 0 Å². The van der Waals surface area contributed by atoms with Gasteiger partial charge in [-0.25, -0.2) is 0 Å². The van der Waals surface area contributed by atoms with Gasteiger partial charge < -0.3 is 0 Å². The van der Waals surface area contributed by atoms with E-state index in [-0.39, 0.29) is 0 Å². The van der Waals surface area contributed by atoms with Crippen molar-refractivity contribution >= 4 is 8.80 Å². The van der Waals surface area contributed by atoms with Crippen LogP contribution in [0.2, 0.25) is 6.55 Å². The highest BCUT2D eigenvalue weighted by molar-refractivity contribution is 6.71. The van der Waals surface area contributed by atoms with E-state index in [1.54, 1.807) is 10.8 Å². The Morgan fingerprint density at radius 3 is 2.33 bits per heavy atom.